The van der Waals surface area contributed by atoms with Gasteiger partial charge in [-0.1, -0.05) is 59.1 Å². The van der Waals surface area contributed by atoms with Crippen molar-refractivity contribution in [3.05, 3.63) is 59.7 Å². The molecule has 0 radical (unpaired) electrons. The van der Waals surface area contributed by atoms with Gasteiger partial charge in [0.05, 0.1) is 46.2 Å². The first-order valence-electron chi connectivity index (χ1n) is 20.5. The van der Waals surface area contributed by atoms with Crippen molar-refractivity contribution in [1.29, 1.82) is 0 Å². The van der Waals surface area contributed by atoms with Gasteiger partial charge < -0.3 is 57.0 Å². The molecule has 0 saturated carbocycles. The van der Waals surface area contributed by atoms with Crippen LogP contribution in [0.4, 0.5) is 14.4 Å². The zero-order valence-corrected chi connectivity index (χ0v) is 40.8. The van der Waals surface area contributed by atoms with Crippen LogP contribution in [0, 0.1) is 0 Å². The fourth-order valence-electron chi connectivity index (χ4n) is 5.04. The third kappa shape index (κ3) is 26.3. The maximum atomic E-state index is 11.8. The lowest BCUT2D eigenvalue weighted by Gasteiger charge is -2.26. The van der Waals surface area contributed by atoms with E-state index in [-0.39, 0.29) is 19.8 Å². The van der Waals surface area contributed by atoms with Gasteiger partial charge in [-0.3, -0.25) is 9.80 Å². The summed E-state index contributed by atoms with van der Waals surface area (Å²) in [5, 5.41) is 17.4. The largest absolute Gasteiger partial charge is 0.525 e. The van der Waals surface area contributed by atoms with E-state index in [9.17, 15) is 42.3 Å². The number of ether oxygens (including phenoxy) is 9. The third-order valence-electron chi connectivity index (χ3n) is 8.17. The molecule has 3 atom stereocenters. The molecular weight excluding hydrogens is 979 g/mol. The molecule has 4 rings (SSSR count). The van der Waals surface area contributed by atoms with Crippen molar-refractivity contribution in [2.45, 2.75) is 76.1 Å². The van der Waals surface area contributed by atoms with Crippen LogP contribution in [0.5, 0.6) is 11.5 Å². The van der Waals surface area contributed by atoms with Gasteiger partial charge in [0.1, 0.15) is 11.5 Å². The Morgan fingerprint density at radius 1 is 0.657 bits per heavy atom. The molecule has 0 aromatic heterocycles. The molecule has 22 nitrogen and oxygen atoms in total. The Hall–Kier alpha value is -4.88. The van der Waals surface area contributed by atoms with Crippen LogP contribution in [-0.2, 0) is 79.7 Å². The number of rotatable bonds is 15. The minimum absolute atomic E-state index is 0.0635. The van der Waals surface area contributed by atoms with Crippen molar-refractivity contribution in [1.82, 2.24) is 9.80 Å². The van der Waals surface area contributed by atoms with Crippen molar-refractivity contribution in [2.24, 2.45) is 0 Å². The number of nitrogens with zero attached hydrogens (tertiary/aromatic N) is 2. The standard InChI is InChI=1S/C17H23NO6.C11H15NO2.C7H9Cl3O7S.C6H10O5/c1-3-22-16(19)13(2)23-17(20)24-15-6-4-5-14(11-15)12-18-7-9-21-10-8-18;13-11-3-1-2-10(8-11)9-12-4-6-14-7-5-12;1-3-15-5(11)4(2)16-6(12)17-18(13,14)7(8,9)10;1-3-10-5(7)4(2)11-6(8)9/h4-6,11,13H,3,7-10,12H2,1-2H3;1-3,8,13H,4-7,9H2;4H,3H2,1-2H3;4H,3H2,1-2H3,(H,8,9). The first-order chi connectivity index (χ1) is 31.5. The van der Waals surface area contributed by atoms with Gasteiger partial charge in [0.2, 0.25) is 0 Å². The van der Waals surface area contributed by atoms with Gasteiger partial charge in [-0.2, -0.15) is 8.42 Å². The van der Waals surface area contributed by atoms with Gasteiger partial charge >= 0.3 is 49.6 Å². The van der Waals surface area contributed by atoms with E-state index in [1.165, 1.54) is 20.8 Å². The fraction of sp³-hybridized carbons (Fsp3) is 0.561. The number of hydrogen-bond donors (Lipinski definition) is 2. The minimum Gasteiger partial charge on any atom is -0.508 e. The van der Waals surface area contributed by atoms with Crippen molar-refractivity contribution < 1.29 is 94.2 Å². The SMILES string of the molecule is CCOC(=O)C(C)OC(=O)O.CCOC(=O)C(C)OC(=O)OS(=O)(=O)C(Cl)(Cl)Cl.CCOC(=O)C(C)OC(=O)Oc1cccc(CN2CCOCC2)c1.Oc1cccc(CN2CCOCC2)c1. The highest BCUT2D eigenvalue weighted by Gasteiger charge is 2.43. The first kappa shape index (κ1) is 60.1. The monoisotopic (exact) mass is 1030 g/mol. The molecule has 378 valence electrons. The lowest BCUT2D eigenvalue weighted by molar-refractivity contribution is -0.153. The quantitative estimate of drug-likeness (QED) is 0.0723. The lowest BCUT2D eigenvalue weighted by Crippen LogP contribution is -2.35. The van der Waals surface area contributed by atoms with E-state index in [0.29, 0.717) is 11.5 Å². The summed E-state index contributed by atoms with van der Waals surface area (Å²) >= 11 is 15.1. The average molecular weight is 1040 g/mol. The molecule has 67 heavy (non-hydrogen) atoms. The molecule has 26 heteroatoms. The number of carbonyl (C=O) groups is 6. The predicted molar refractivity (Wildman–Crippen MR) is 238 cm³/mol. The molecule has 2 aliphatic rings. The number of carboxylic acid groups (broad SMARTS) is 1. The molecule has 2 heterocycles. The van der Waals surface area contributed by atoms with Gasteiger partial charge in [-0.05, 0) is 76.9 Å². The normalized spacial score (nSPS) is 15.2. The summed E-state index contributed by atoms with van der Waals surface area (Å²) in [6.45, 7) is 17.7. The lowest BCUT2D eigenvalue weighted by atomic mass is 10.2. The molecule has 2 aliphatic heterocycles. The second-order valence-electron chi connectivity index (χ2n) is 13.5. The molecule has 2 aromatic rings. The molecule has 0 aliphatic carbocycles. The maximum Gasteiger partial charge on any atom is 0.525 e. The van der Waals surface area contributed by atoms with E-state index < -0.39 is 67.9 Å². The number of benzene rings is 2. The second-order valence-corrected chi connectivity index (χ2v) is 18.1. The maximum absolute atomic E-state index is 11.8. The molecule has 2 aromatic carbocycles. The van der Waals surface area contributed by atoms with Crippen LogP contribution >= 0.6 is 34.8 Å². The van der Waals surface area contributed by atoms with Gasteiger partial charge in [-0.15, -0.1) is 0 Å². The van der Waals surface area contributed by atoms with E-state index in [0.717, 1.165) is 83.7 Å². The third-order valence-corrected chi connectivity index (χ3v) is 10.8. The molecular formula is C41H57Cl3N2O20S. The Kier molecular flexibility index (Phi) is 28.7. The van der Waals surface area contributed by atoms with Crippen LogP contribution in [0.1, 0.15) is 52.7 Å². The van der Waals surface area contributed by atoms with E-state index >= 15 is 0 Å². The Morgan fingerprint density at radius 2 is 1.06 bits per heavy atom. The Bertz CT molecular complexity index is 1960. The Balaban J connectivity index is 0.000000466. The highest BCUT2D eigenvalue weighted by Crippen LogP contribution is 2.34. The van der Waals surface area contributed by atoms with Crippen LogP contribution < -0.4 is 4.74 Å². The summed E-state index contributed by atoms with van der Waals surface area (Å²) in [5.74, 6) is -1.43. The number of hydrogen-bond acceptors (Lipinski definition) is 21. The van der Waals surface area contributed by atoms with Crippen LogP contribution in [0.25, 0.3) is 0 Å². The summed E-state index contributed by atoms with van der Waals surface area (Å²) < 4.78 is 66.0. The summed E-state index contributed by atoms with van der Waals surface area (Å²) in [6.07, 6.45) is -7.53. The molecule has 3 unspecified atom stereocenters. The number of halogens is 3. The van der Waals surface area contributed by atoms with Crippen LogP contribution in [0.2, 0.25) is 0 Å². The topological polar surface area (TPSA) is 276 Å². The van der Waals surface area contributed by atoms with Gasteiger partial charge in [0.25, 0.3) is 0 Å². The smallest absolute Gasteiger partial charge is 0.508 e. The average Bonchev–Trinajstić information content (AvgIpc) is 3.24. The Morgan fingerprint density at radius 3 is 1.46 bits per heavy atom. The number of esters is 3. The first-order valence-corrected chi connectivity index (χ1v) is 23.0. The van der Waals surface area contributed by atoms with E-state index in [1.807, 2.05) is 30.3 Å². The van der Waals surface area contributed by atoms with E-state index in [2.05, 4.69) is 32.9 Å². The van der Waals surface area contributed by atoms with Crippen LogP contribution in [-0.4, -0.2) is 159 Å². The molecule has 0 amide bonds. The van der Waals surface area contributed by atoms with E-state index in [1.54, 1.807) is 32.0 Å². The van der Waals surface area contributed by atoms with E-state index in [4.69, 9.17) is 63.6 Å². The van der Waals surface area contributed by atoms with Gasteiger partial charge in [0, 0.05) is 39.3 Å². The number of phenolic OH excluding ortho intramolecular Hbond substituents is 1. The fourth-order valence-corrected chi connectivity index (χ4v) is 5.63. The molecule has 0 bridgehead atoms. The zero-order valence-electron chi connectivity index (χ0n) is 37.7. The Labute approximate surface area is 403 Å². The van der Waals surface area contributed by atoms with Crippen LogP contribution in [0.3, 0.4) is 0 Å². The second kappa shape index (κ2) is 32.0. The molecule has 2 N–H and O–H groups in total. The molecule has 0 spiro atoms. The number of aromatic hydroxyl groups is 1. The molecule has 2 fully saturated rings. The van der Waals surface area contributed by atoms with Crippen molar-refractivity contribution in [2.75, 3.05) is 72.4 Å². The number of morpholine rings is 2. The van der Waals surface area contributed by atoms with Crippen molar-refractivity contribution in [3.8, 4) is 11.5 Å². The number of phenols is 1. The predicted octanol–water partition coefficient (Wildman–Crippen LogP) is 5.59. The summed E-state index contributed by atoms with van der Waals surface area (Å²) in [4.78, 5) is 70.4. The summed E-state index contributed by atoms with van der Waals surface area (Å²) in [6, 6.07) is 14.7. The van der Waals surface area contributed by atoms with Crippen molar-refractivity contribution in [3.63, 3.8) is 0 Å². The minimum atomic E-state index is -4.81. The van der Waals surface area contributed by atoms with Gasteiger partial charge in [-0.25, -0.2) is 28.8 Å². The summed E-state index contributed by atoms with van der Waals surface area (Å²) in [5.41, 5.74) is 2.19. The number of alkyl halides is 3. The summed E-state index contributed by atoms with van der Waals surface area (Å²) in [7, 11) is -4.81. The highest BCUT2D eigenvalue weighted by atomic mass is 35.6. The molecule has 2 saturated heterocycles. The zero-order chi connectivity index (χ0) is 50.6. The number of carbonyl (C=O) groups excluding carboxylic acids is 5. The van der Waals surface area contributed by atoms with Crippen LogP contribution in [0.15, 0.2) is 48.5 Å². The highest BCUT2D eigenvalue weighted by molar-refractivity contribution is 7.93. The van der Waals surface area contributed by atoms with Gasteiger partial charge in [0.15, 0.2) is 18.3 Å². The van der Waals surface area contributed by atoms with Crippen molar-refractivity contribution >= 4 is 81.3 Å².